The van der Waals surface area contributed by atoms with Crippen LogP contribution in [0.4, 0.5) is 0 Å². The van der Waals surface area contributed by atoms with Crippen LogP contribution in [-0.2, 0) is 10.0 Å². The van der Waals surface area contributed by atoms with Crippen LogP contribution in [0.5, 0.6) is 0 Å². The van der Waals surface area contributed by atoms with Crippen molar-refractivity contribution in [2.75, 3.05) is 19.6 Å². The minimum absolute atomic E-state index is 0.0319. The summed E-state index contributed by atoms with van der Waals surface area (Å²) in [6, 6.07) is 1.62. The van der Waals surface area contributed by atoms with Crippen LogP contribution in [0.1, 0.15) is 35.1 Å². The van der Waals surface area contributed by atoms with Crippen LogP contribution in [0.15, 0.2) is 15.7 Å². The number of thiazole rings is 1. The molecule has 0 aromatic carbocycles. The molecule has 0 spiro atoms. The Morgan fingerprint density at radius 1 is 1.38 bits per heavy atom. The number of aryl methyl sites for hydroxylation is 1. The summed E-state index contributed by atoms with van der Waals surface area (Å²) in [7, 11) is -3.46. The Morgan fingerprint density at radius 2 is 2.08 bits per heavy atom. The minimum Gasteiger partial charge on any atom is -0.338 e. The van der Waals surface area contributed by atoms with Crippen molar-refractivity contribution in [3.63, 3.8) is 0 Å². The number of likely N-dealkylation sites (tertiary alicyclic amines) is 1. The summed E-state index contributed by atoms with van der Waals surface area (Å²) in [4.78, 5) is 19.5. The molecule has 9 heteroatoms. The van der Waals surface area contributed by atoms with Gasteiger partial charge in [0.15, 0.2) is 0 Å². The second-order valence-corrected chi connectivity index (χ2v) is 9.49. The number of carbonyl (C=O) groups is 1. The predicted molar refractivity (Wildman–Crippen MR) is 96.2 cm³/mol. The quantitative estimate of drug-likeness (QED) is 0.858. The first-order valence-corrected chi connectivity index (χ1v) is 11.0. The second-order valence-electron chi connectivity index (χ2n) is 5.59. The Labute approximate surface area is 149 Å². The third kappa shape index (κ3) is 3.39. The number of nitrogens with one attached hydrogen (secondary N) is 1. The molecule has 3 heterocycles. The SMILES string of the molecule is CCNS(=O)(=O)c1cc(-c2nc(C)c(C(=O)N3CCCC3)s2)cs1. The minimum atomic E-state index is -3.46. The van der Waals surface area contributed by atoms with E-state index in [0.29, 0.717) is 22.1 Å². The van der Waals surface area contributed by atoms with Gasteiger partial charge in [-0.05, 0) is 25.8 Å². The van der Waals surface area contributed by atoms with Gasteiger partial charge in [-0.1, -0.05) is 6.92 Å². The highest BCUT2D eigenvalue weighted by Crippen LogP contribution is 2.33. The number of nitrogens with zero attached hydrogens (tertiary/aromatic N) is 2. The van der Waals surface area contributed by atoms with Gasteiger partial charge in [-0.25, -0.2) is 18.1 Å². The lowest BCUT2D eigenvalue weighted by molar-refractivity contribution is 0.0796. The molecule has 3 rings (SSSR count). The smallest absolute Gasteiger partial charge is 0.265 e. The van der Waals surface area contributed by atoms with Gasteiger partial charge < -0.3 is 4.90 Å². The lowest BCUT2D eigenvalue weighted by Gasteiger charge is -2.13. The molecule has 0 bridgehead atoms. The molecular weight excluding hydrogens is 366 g/mol. The number of rotatable bonds is 5. The highest BCUT2D eigenvalue weighted by molar-refractivity contribution is 7.91. The van der Waals surface area contributed by atoms with Crippen LogP contribution in [0.2, 0.25) is 0 Å². The van der Waals surface area contributed by atoms with Gasteiger partial charge in [-0.3, -0.25) is 4.79 Å². The van der Waals surface area contributed by atoms with Crippen molar-refractivity contribution < 1.29 is 13.2 Å². The molecule has 24 heavy (non-hydrogen) atoms. The first-order valence-electron chi connectivity index (χ1n) is 7.77. The van der Waals surface area contributed by atoms with Gasteiger partial charge in [0.2, 0.25) is 10.0 Å². The largest absolute Gasteiger partial charge is 0.338 e. The van der Waals surface area contributed by atoms with Gasteiger partial charge in [0.05, 0.1) is 5.69 Å². The Balaban J connectivity index is 1.87. The van der Waals surface area contributed by atoms with Gasteiger partial charge in [-0.15, -0.1) is 22.7 Å². The molecule has 1 saturated heterocycles. The summed E-state index contributed by atoms with van der Waals surface area (Å²) >= 11 is 2.49. The van der Waals surface area contributed by atoms with Gasteiger partial charge in [0, 0.05) is 30.6 Å². The summed E-state index contributed by atoms with van der Waals surface area (Å²) < 4.78 is 26.8. The third-order valence-corrected chi connectivity index (χ3v) is 7.99. The first kappa shape index (κ1) is 17.5. The predicted octanol–water partition coefficient (Wildman–Crippen LogP) is 2.71. The summed E-state index contributed by atoms with van der Waals surface area (Å²) in [5.41, 5.74) is 1.44. The topological polar surface area (TPSA) is 79.4 Å². The molecule has 0 unspecified atom stereocenters. The molecular formula is C15H19N3O3S3. The van der Waals surface area contributed by atoms with E-state index in [-0.39, 0.29) is 10.1 Å². The van der Waals surface area contributed by atoms with Crippen LogP contribution < -0.4 is 4.72 Å². The third-order valence-electron chi connectivity index (χ3n) is 3.81. The monoisotopic (exact) mass is 385 g/mol. The molecule has 1 amide bonds. The Bertz CT molecular complexity index is 848. The Morgan fingerprint density at radius 3 is 2.75 bits per heavy atom. The van der Waals surface area contributed by atoms with Crippen molar-refractivity contribution in [3.8, 4) is 10.6 Å². The Hall–Kier alpha value is -1.29. The number of hydrogen-bond donors (Lipinski definition) is 1. The number of aromatic nitrogens is 1. The van der Waals surface area contributed by atoms with Crippen molar-refractivity contribution in [2.45, 2.75) is 30.9 Å². The lowest BCUT2D eigenvalue weighted by atomic mass is 10.3. The highest BCUT2D eigenvalue weighted by Gasteiger charge is 2.25. The van der Waals surface area contributed by atoms with E-state index >= 15 is 0 Å². The van der Waals surface area contributed by atoms with E-state index in [0.717, 1.165) is 42.8 Å². The normalized spacial score (nSPS) is 15.2. The van der Waals surface area contributed by atoms with E-state index < -0.39 is 10.0 Å². The van der Waals surface area contributed by atoms with Gasteiger partial charge >= 0.3 is 0 Å². The van der Waals surface area contributed by atoms with Crippen LogP contribution >= 0.6 is 22.7 Å². The van der Waals surface area contributed by atoms with Crippen molar-refractivity contribution in [3.05, 3.63) is 22.0 Å². The highest BCUT2D eigenvalue weighted by atomic mass is 32.2. The summed E-state index contributed by atoms with van der Waals surface area (Å²) in [6.45, 7) is 5.52. The maximum absolute atomic E-state index is 12.6. The van der Waals surface area contributed by atoms with Crippen molar-refractivity contribution in [2.24, 2.45) is 0 Å². The van der Waals surface area contributed by atoms with Crippen LogP contribution in [0, 0.1) is 6.92 Å². The maximum Gasteiger partial charge on any atom is 0.265 e. The average molecular weight is 386 g/mol. The molecule has 0 aliphatic carbocycles. The van der Waals surface area contributed by atoms with E-state index in [1.54, 1.807) is 18.4 Å². The van der Waals surface area contributed by atoms with Crippen molar-refractivity contribution >= 4 is 38.6 Å². The van der Waals surface area contributed by atoms with Crippen molar-refractivity contribution in [1.29, 1.82) is 0 Å². The zero-order chi connectivity index (χ0) is 17.3. The summed E-state index contributed by atoms with van der Waals surface area (Å²) in [5.74, 6) is 0.0319. The lowest BCUT2D eigenvalue weighted by Crippen LogP contribution is -2.27. The molecule has 1 N–H and O–H groups in total. The number of amides is 1. The first-order chi connectivity index (χ1) is 11.4. The van der Waals surface area contributed by atoms with E-state index in [9.17, 15) is 13.2 Å². The van der Waals surface area contributed by atoms with Gasteiger partial charge in [0.25, 0.3) is 5.91 Å². The molecule has 0 atom stereocenters. The average Bonchev–Trinajstić information content (AvgIpc) is 3.27. The van der Waals surface area contributed by atoms with Crippen molar-refractivity contribution in [1.82, 2.24) is 14.6 Å². The van der Waals surface area contributed by atoms with E-state index in [1.807, 2.05) is 11.8 Å². The second kappa shape index (κ2) is 6.91. The summed E-state index contributed by atoms with van der Waals surface area (Å²) in [6.07, 6.45) is 2.10. The van der Waals surface area contributed by atoms with E-state index in [2.05, 4.69) is 9.71 Å². The standard InChI is InChI=1S/C15H19N3O3S3/c1-3-16-24(20,21)12-8-11(9-22-12)14-17-10(2)13(23-14)15(19)18-6-4-5-7-18/h8-9,16H,3-7H2,1-2H3. The van der Waals surface area contributed by atoms with Gasteiger partial charge in [-0.2, -0.15) is 0 Å². The molecule has 1 aliphatic rings. The number of carbonyl (C=O) groups excluding carboxylic acids is 1. The molecule has 1 fully saturated rings. The fourth-order valence-corrected chi connectivity index (χ4v) is 5.96. The fraction of sp³-hybridized carbons (Fsp3) is 0.467. The van der Waals surface area contributed by atoms with E-state index in [1.165, 1.54) is 11.3 Å². The number of sulfonamides is 1. The number of thiophene rings is 1. The van der Waals surface area contributed by atoms with Crippen LogP contribution in [-0.4, -0.2) is 43.8 Å². The van der Waals surface area contributed by atoms with E-state index in [4.69, 9.17) is 0 Å². The summed E-state index contributed by atoms with van der Waals surface area (Å²) in [5, 5.41) is 2.45. The molecule has 2 aromatic heterocycles. The van der Waals surface area contributed by atoms with Crippen LogP contribution in [0.3, 0.4) is 0 Å². The fourth-order valence-electron chi connectivity index (χ4n) is 2.61. The molecule has 130 valence electrons. The molecule has 0 saturated carbocycles. The van der Waals surface area contributed by atoms with Crippen LogP contribution in [0.25, 0.3) is 10.6 Å². The zero-order valence-electron chi connectivity index (χ0n) is 13.5. The maximum atomic E-state index is 12.6. The molecule has 0 radical (unpaired) electrons. The van der Waals surface area contributed by atoms with Gasteiger partial charge in [0.1, 0.15) is 14.1 Å². The molecule has 1 aliphatic heterocycles. The number of hydrogen-bond acceptors (Lipinski definition) is 6. The molecule has 6 nitrogen and oxygen atoms in total. The zero-order valence-corrected chi connectivity index (χ0v) is 16.0. The molecule has 2 aromatic rings. The Kier molecular flexibility index (Phi) is 5.05.